The van der Waals surface area contributed by atoms with Crippen LogP contribution < -0.4 is 18.9 Å². The molecular weight excluding hydrogens is 240 g/mol. The number of ether oxygens (including phenoxy) is 5. The minimum atomic E-state index is -0.367. The summed E-state index contributed by atoms with van der Waals surface area (Å²) in [5, 5.41) is 0. The van der Waals surface area contributed by atoms with E-state index in [1.807, 2.05) is 0 Å². The van der Waals surface area contributed by atoms with Crippen molar-refractivity contribution in [1.29, 1.82) is 0 Å². The summed E-state index contributed by atoms with van der Waals surface area (Å²) in [6, 6.07) is 1.70. The van der Waals surface area contributed by atoms with E-state index in [0.717, 1.165) is 0 Å². The molecule has 0 fully saturated rings. The Labute approximate surface area is 104 Å². The highest BCUT2D eigenvalue weighted by molar-refractivity contribution is 5.67. The SMILES string of the molecule is COc1cc(COC(C)=O)c(OC)c2c1OCO2. The Bertz CT molecular complexity index is 468. The predicted octanol–water partition coefficient (Wildman–Crippen LogP) is 1.50. The van der Waals surface area contributed by atoms with Gasteiger partial charge in [-0.2, -0.15) is 0 Å². The molecule has 0 aromatic heterocycles. The number of esters is 1. The van der Waals surface area contributed by atoms with Crippen molar-refractivity contribution in [3.8, 4) is 23.0 Å². The summed E-state index contributed by atoms with van der Waals surface area (Å²) < 4.78 is 26.1. The molecule has 0 saturated carbocycles. The summed E-state index contributed by atoms with van der Waals surface area (Å²) >= 11 is 0. The summed E-state index contributed by atoms with van der Waals surface area (Å²) in [7, 11) is 3.04. The third-order valence-corrected chi connectivity index (χ3v) is 2.49. The number of carbonyl (C=O) groups excluding carboxylic acids is 1. The van der Waals surface area contributed by atoms with Gasteiger partial charge in [-0.15, -0.1) is 0 Å². The molecular formula is C12H14O6. The minimum Gasteiger partial charge on any atom is -0.493 e. The van der Waals surface area contributed by atoms with Gasteiger partial charge in [-0.1, -0.05) is 0 Å². The second kappa shape index (κ2) is 5.03. The summed E-state index contributed by atoms with van der Waals surface area (Å²) in [4.78, 5) is 10.9. The van der Waals surface area contributed by atoms with E-state index in [0.29, 0.717) is 28.6 Å². The third kappa shape index (κ3) is 2.13. The Kier molecular flexibility index (Phi) is 3.45. The first-order chi connectivity index (χ1) is 8.67. The zero-order valence-electron chi connectivity index (χ0n) is 10.4. The van der Waals surface area contributed by atoms with Crippen molar-refractivity contribution in [2.75, 3.05) is 21.0 Å². The van der Waals surface area contributed by atoms with Crippen LogP contribution in [0.25, 0.3) is 0 Å². The molecule has 2 rings (SSSR count). The lowest BCUT2D eigenvalue weighted by molar-refractivity contribution is -0.142. The molecule has 0 aliphatic carbocycles. The topological polar surface area (TPSA) is 63.2 Å². The molecule has 98 valence electrons. The molecule has 0 saturated heterocycles. The first-order valence-corrected chi connectivity index (χ1v) is 5.34. The van der Waals surface area contributed by atoms with Crippen molar-refractivity contribution in [1.82, 2.24) is 0 Å². The van der Waals surface area contributed by atoms with Gasteiger partial charge in [0.25, 0.3) is 0 Å². The maximum Gasteiger partial charge on any atom is 0.302 e. The number of benzene rings is 1. The van der Waals surface area contributed by atoms with Crippen molar-refractivity contribution in [3.63, 3.8) is 0 Å². The number of hydrogen-bond acceptors (Lipinski definition) is 6. The van der Waals surface area contributed by atoms with Gasteiger partial charge in [-0.3, -0.25) is 4.79 Å². The maximum atomic E-state index is 10.9. The average Bonchev–Trinajstić information content (AvgIpc) is 2.83. The van der Waals surface area contributed by atoms with Crippen LogP contribution in [0.1, 0.15) is 12.5 Å². The fraction of sp³-hybridized carbons (Fsp3) is 0.417. The number of carbonyl (C=O) groups is 1. The summed E-state index contributed by atoms with van der Waals surface area (Å²) in [5.41, 5.74) is 0.661. The monoisotopic (exact) mass is 254 g/mol. The van der Waals surface area contributed by atoms with Crippen molar-refractivity contribution in [2.24, 2.45) is 0 Å². The lowest BCUT2D eigenvalue weighted by atomic mass is 10.1. The number of hydrogen-bond donors (Lipinski definition) is 0. The van der Waals surface area contributed by atoms with Crippen LogP contribution in [0.15, 0.2) is 6.07 Å². The van der Waals surface area contributed by atoms with Gasteiger partial charge < -0.3 is 23.7 Å². The van der Waals surface area contributed by atoms with Crippen LogP contribution >= 0.6 is 0 Å². The molecule has 1 heterocycles. The quantitative estimate of drug-likeness (QED) is 0.759. The van der Waals surface area contributed by atoms with Gasteiger partial charge in [-0.05, 0) is 6.07 Å². The molecule has 0 unspecified atom stereocenters. The van der Waals surface area contributed by atoms with E-state index in [-0.39, 0.29) is 19.4 Å². The molecule has 6 nitrogen and oxygen atoms in total. The highest BCUT2D eigenvalue weighted by Gasteiger charge is 2.27. The first-order valence-electron chi connectivity index (χ1n) is 5.34. The maximum absolute atomic E-state index is 10.9. The molecule has 0 radical (unpaired) electrons. The largest absolute Gasteiger partial charge is 0.493 e. The molecule has 18 heavy (non-hydrogen) atoms. The van der Waals surface area contributed by atoms with Crippen LogP contribution in [0, 0.1) is 0 Å². The highest BCUT2D eigenvalue weighted by atomic mass is 16.7. The van der Waals surface area contributed by atoms with E-state index in [2.05, 4.69) is 0 Å². The van der Waals surface area contributed by atoms with Crippen LogP contribution in [0.3, 0.4) is 0 Å². The Morgan fingerprint density at radius 1 is 1.28 bits per heavy atom. The molecule has 1 aromatic carbocycles. The second-order valence-corrected chi connectivity index (χ2v) is 3.62. The molecule has 1 aliphatic rings. The van der Waals surface area contributed by atoms with Gasteiger partial charge in [0.2, 0.25) is 18.3 Å². The van der Waals surface area contributed by atoms with Crippen LogP contribution in [-0.2, 0) is 16.1 Å². The van der Waals surface area contributed by atoms with Crippen molar-refractivity contribution in [3.05, 3.63) is 11.6 Å². The molecule has 0 amide bonds. The van der Waals surface area contributed by atoms with E-state index in [9.17, 15) is 4.79 Å². The molecule has 0 spiro atoms. The van der Waals surface area contributed by atoms with Crippen LogP contribution in [-0.4, -0.2) is 27.0 Å². The first kappa shape index (κ1) is 12.3. The van der Waals surface area contributed by atoms with Crippen LogP contribution in [0.4, 0.5) is 0 Å². The Morgan fingerprint density at radius 2 is 2.00 bits per heavy atom. The summed E-state index contributed by atoms with van der Waals surface area (Å²) in [6.07, 6.45) is 0. The average molecular weight is 254 g/mol. The lowest BCUT2D eigenvalue weighted by Crippen LogP contribution is -2.02. The number of rotatable bonds is 4. The molecule has 0 N–H and O–H groups in total. The fourth-order valence-corrected chi connectivity index (χ4v) is 1.73. The standard InChI is InChI=1S/C12H14O6/c1-7(13)16-5-8-4-9(14-2)11-12(10(8)15-3)18-6-17-11/h4H,5-6H2,1-3H3. The number of fused-ring (bicyclic) bond motifs is 1. The molecule has 0 atom stereocenters. The summed E-state index contributed by atoms with van der Waals surface area (Å²) in [6.45, 7) is 1.54. The van der Waals surface area contributed by atoms with Gasteiger partial charge in [0.1, 0.15) is 6.61 Å². The zero-order valence-corrected chi connectivity index (χ0v) is 10.4. The molecule has 6 heteroatoms. The highest BCUT2D eigenvalue weighted by Crippen LogP contribution is 2.49. The minimum absolute atomic E-state index is 0.0888. The van der Waals surface area contributed by atoms with Crippen LogP contribution in [0.2, 0.25) is 0 Å². The Balaban J connectivity index is 2.41. The van der Waals surface area contributed by atoms with Gasteiger partial charge in [0.05, 0.1) is 14.2 Å². The van der Waals surface area contributed by atoms with Gasteiger partial charge in [0, 0.05) is 12.5 Å². The molecule has 1 aromatic rings. The fourth-order valence-electron chi connectivity index (χ4n) is 1.73. The van der Waals surface area contributed by atoms with Crippen molar-refractivity contribution >= 4 is 5.97 Å². The van der Waals surface area contributed by atoms with E-state index >= 15 is 0 Å². The smallest absolute Gasteiger partial charge is 0.302 e. The predicted molar refractivity (Wildman–Crippen MR) is 61.1 cm³/mol. The Hall–Kier alpha value is -2.11. The van der Waals surface area contributed by atoms with E-state index in [1.165, 1.54) is 21.1 Å². The van der Waals surface area contributed by atoms with Gasteiger partial charge >= 0.3 is 5.97 Å². The van der Waals surface area contributed by atoms with Crippen molar-refractivity contribution < 1.29 is 28.5 Å². The van der Waals surface area contributed by atoms with Crippen molar-refractivity contribution in [2.45, 2.75) is 13.5 Å². The van der Waals surface area contributed by atoms with Gasteiger partial charge in [0.15, 0.2) is 11.5 Å². The summed E-state index contributed by atoms with van der Waals surface area (Å²) in [5.74, 6) is 1.61. The lowest BCUT2D eigenvalue weighted by Gasteiger charge is -2.13. The third-order valence-electron chi connectivity index (χ3n) is 2.49. The van der Waals surface area contributed by atoms with E-state index in [1.54, 1.807) is 6.07 Å². The second-order valence-electron chi connectivity index (χ2n) is 3.62. The Morgan fingerprint density at radius 3 is 2.61 bits per heavy atom. The van der Waals surface area contributed by atoms with E-state index < -0.39 is 0 Å². The normalized spacial score (nSPS) is 12.2. The van der Waals surface area contributed by atoms with E-state index in [4.69, 9.17) is 23.7 Å². The molecule has 1 aliphatic heterocycles. The van der Waals surface area contributed by atoms with Crippen LogP contribution in [0.5, 0.6) is 23.0 Å². The zero-order chi connectivity index (χ0) is 13.1. The van der Waals surface area contributed by atoms with Gasteiger partial charge in [-0.25, -0.2) is 0 Å². The number of methoxy groups -OCH3 is 2. The molecule has 0 bridgehead atoms.